The first-order valence-electron chi connectivity index (χ1n) is 16.6. The molecule has 1 aliphatic carbocycles. The van der Waals surface area contributed by atoms with E-state index in [9.17, 15) is 4.79 Å². The highest BCUT2D eigenvalue weighted by atomic mass is 16.5. The van der Waals surface area contributed by atoms with Gasteiger partial charge in [0.05, 0.1) is 23.8 Å². The van der Waals surface area contributed by atoms with Crippen molar-refractivity contribution >= 4 is 28.4 Å². The van der Waals surface area contributed by atoms with Crippen molar-refractivity contribution in [3.05, 3.63) is 99.1 Å². The zero-order valence-electron chi connectivity index (χ0n) is 28.0. The molecular formula is C40H45N2O3+. The Morgan fingerprint density at radius 2 is 1.64 bits per heavy atom. The summed E-state index contributed by atoms with van der Waals surface area (Å²) in [5.74, 6) is 1.86. The number of likely N-dealkylation sites (N-methyl/N-ethyl adjacent to an activating group) is 2. The molecule has 3 heterocycles. The van der Waals surface area contributed by atoms with Gasteiger partial charge in [-0.3, -0.25) is 0 Å². The van der Waals surface area contributed by atoms with Crippen LogP contribution in [-0.2, 0) is 4.74 Å². The average molecular weight is 602 g/mol. The molecule has 1 saturated carbocycles. The second kappa shape index (κ2) is 10.5. The SMILES string of the molecule is CCN1c2cc3c(cc2C(C)=CC1(C)C)C(c1ccccc1C(=O)OCC1CC1)=c1cc2c(cc1O3)=[N+](CC)C(C)(C)C=C2C. The Hall–Kier alpha value is -4.12. The standard InChI is InChI=1S/C40H45N2O3/c1-9-41-33-19-35-31(17-29(33)24(3)21-39(41,5)6)37(27-13-11-12-14-28(27)38(43)44-23-26-15-16-26)32-18-30-25(4)22-40(7,8)42(10-2)34(30)20-36(32)45-35/h11-14,17-22,26H,9-10,15-16,23H2,1-8H3/q+1. The van der Waals surface area contributed by atoms with Crippen LogP contribution in [0.25, 0.3) is 16.7 Å². The van der Waals surface area contributed by atoms with E-state index in [-0.39, 0.29) is 17.0 Å². The molecule has 7 rings (SSSR count). The number of hydrogen-bond acceptors (Lipinski definition) is 4. The first-order valence-corrected chi connectivity index (χ1v) is 16.6. The summed E-state index contributed by atoms with van der Waals surface area (Å²) in [6.07, 6.45) is 6.99. The highest BCUT2D eigenvalue weighted by Gasteiger charge is 2.36. The summed E-state index contributed by atoms with van der Waals surface area (Å²) in [6.45, 7) is 20.1. The maximum atomic E-state index is 13.6. The lowest BCUT2D eigenvalue weighted by molar-refractivity contribution is 0.0485. The van der Waals surface area contributed by atoms with Gasteiger partial charge < -0.3 is 14.4 Å². The van der Waals surface area contributed by atoms with Crippen molar-refractivity contribution in [3.8, 4) is 11.5 Å². The molecule has 4 aliphatic rings. The maximum absolute atomic E-state index is 13.6. The van der Waals surface area contributed by atoms with Gasteiger partial charge in [0.25, 0.3) is 0 Å². The van der Waals surface area contributed by atoms with Crippen LogP contribution in [0.4, 0.5) is 5.69 Å². The smallest absolute Gasteiger partial charge is 0.338 e. The van der Waals surface area contributed by atoms with Gasteiger partial charge in [0.1, 0.15) is 18.0 Å². The molecule has 5 heteroatoms. The van der Waals surface area contributed by atoms with Crippen molar-refractivity contribution in [1.82, 2.24) is 4.58 Å². The molecule has 0 unspecified atom stereocenters. The number of benzene rings is 3. The van der Waals surface area contributed by atoms with Crippen LogP contribution >= 0.6 is 0 Å². The normalized spacial score (nSPS) is 19.0. The van der Waals surface area contributed by atoms with E-state index >= 15 is 0 Å². The van der Waals surface area contributed by atoms with E-state index in [1.165, 1.54) is 33.3 Å². The van der Waals surface area contributed by atoms with Crippen LogP contribution in [0.2, 0.25) is 0 Å². The highest BCUT2D eigenvalue weighted by Crippen LogP contribution is 2.46. The fourth-order valence-electron chi connectivity index (χ4n) is 7.91. The largest absolute Gasteiger partial charge is 0.462 e. The molecule has 5 nitrogen and oxygen atoms in total. The number of anilines is 1. The highest BCUT2D eigenvalue weighted by molar-refractivity contribution is 6.00. The maximum Gasteiger partial charge on any atom is 0.338 e. The first kappa shape index (κ1) is 29.6. The number of carbonyl (C=O) groups excluding carboxylic acids is 1. The van der Waals surface area contributed by atoms with E-state index in [4.69, 9.17) is 9.47 Å². The van der Waals surface area contributed by atoms with Gasteiger partial charge in [0, 0.05) is 59.6 Å². The summed E-state index contributed by atoms with van der Waals surface area (Å²) in [5.41, 5.74) is 9.30. The number of nitrogens with zero attached hydrogens (tertiary/aromatic N) is 2. The van der Waals surface area contributed by atoms with Crippen molar-refractivity contribution in [2.45, 2.75) is 79.3 Å². The van der Waals surface area contributed by atoms with Gasteiger partial charge >= 0.3 is 5.97 Å². The molecule has 0 radical (unpaired) electrons. The van der Waals surface area contributed by atoms with Crippen LogP contribution in [0.1, 0.15) is 101 Å². The summed E-state index contributed by atoms with van der Waals surface area (Å²) in [5, 5.41) is 2.17. The molecule has 232 valence electrons. The molecule has 0 amide bonds. The Morgan fingerprint density at radius 3 is 2.36 bits per heavy atom. The van der Waals surface area contributed by atoms with E-state index in [1.54, 1.807) is 0 Å². The minimum Gasteiger partial charge on any atom is -0.462 e. The van der Waals surface area contributed by atoms with Gasteiger partial charge in [-0.2, -0.15) is 0 Å². The number of allylic oxidation sites excluding steroid dienone is 2. The minimum absolute atomic E-state index is 0.118. The molecule has 0 N–H and O–H groups in total. The average Bonchev–Trinajstić information content (AvgIpc) is 3.82. The monoisotopic (exact) mass is 601 g/mol. The Bertz CT molecular complexity index is 1960. The third-order valence-corrected chi connectivity index (χ3v) is 10.1. The third kappa shape index (κ3) is 4.83. The van der Waals surface area contributed by atoms with Gasteiger partial charge in [0.15, 0.2) is 5.54 Å². The lowest BCUT2D eigenvalue weighted by atomic mass is 9.83. The van der Waals surface area contributed by atoms with E-state index < -0.39 is 0 Å². The van der Waals surface area contributed by atoms with E-state index in [0.717, 1.165) is 59.3 Å². The van der Waals surface area contributed by atoms with E-state index in [0.29, 0.717) is 18.1 Å². The zero-order chi connectivity index (χ0) is 31.8. The molecule has 0 atom stereocenters. The Labute approximate surface area is 267 Å². The number of carbonyl (C=O) groups is 1. The quantitative estimate of drug-likeness (QED) is 0.171. The van der Waals surface area contributed by atoms with E-state index in [1.807, 2.05) is 18.2 Å². The van der Waals surface area contributed by atoms with Crippen LogP contribution in [0.5, 0.6) is 11.5 Å². The first-order chi connectivity index (χ1) is 21.4. The zero-order valence-corrected chi connectivity index (χ0v) is 28.0. The Balaban J connectivity index is 1.55. The van der Waals surface area contributed by atoms with Gasteiger partial charge in [-0.25, -0.2) is 9.37 Å². The number of rotatable bonds is 6. The molecule has 0 spiro atoms. The second-order valence-electron chi connectivity index (χ2n) is 14.2. The van der Waals surface area contributed by atoms with Gasteiger partial charge in [-0.05, 0) is 101 Å². The fraction of sp³-hybridized carbons (Fsp3) is 0.400. The molecule has 0 aromatic heterocycles. The third-order valence-electron chi connectivity index (χ3n) is 10.1. The van der Waals surface area contributed by atoms with Crippen LogP contribution < -0.4 is 24.8 Å². The van der Waals surface area contributed by atoms with Gasteiger partial charge in [0.2, 0.25) is 5.36 Å². The molecule has 3 aromatic rings. The number of hydrogen-bond donors (Lipinski definition) is 0. The topological polar surface area (TPSA) is 41.8 Å². The Morgan fingerprint density at radius 1 is 0.911 bits per heavy atom. The minimum atomic E-state index is -0.263. The molecule has 3 aliphatic heterocycles. The molecule has 1 fully saturated rings. The summed E-state index contributed by atoms with van der Waals surface area (Å²) in [4.78, 5) is 16.1. The number of esters is 1. The van der Waals surface area contributed by atoms with Gasteiger partial charge in [-0.1, -0.05) is 24.3 Å². The van der Waals surface area contributed by atoms with Crippen molar-refractivity contribution in [2.75, 3.05) is 24.6 Å². The van der Waals surface area contributed by atoms with E-state index in [2.05, 4.69) is 107 Å². The van der Waals surface area contributed by atoms with Gasteiger partial charge in [-0.15, -0.1) is 0 Å². The summed E-state index contributed by atoms with van der Waals surface area (Å²) in [6, 6.07) is 16.9. The van der Waals surface area contributed by atoms with Crippen molar-refractivity contribution in [2.24, 2.45) is 5.92 Å². The second-order valence-corrected chi connectivity index (χ2v) is 14.2. The van der Waals surface area contributed by atoms with Crippen LogP contribution in [0.15, 0.2) is 60.7 Å². The lowest BCUT2D eigenvalue weighted by Gasteiger charge is -2.43. The summed E-state index contributed by atoms with van der Waals surface area (Å²) in [7, 11) is 0. The Kier molecular flexibility index (Phi) is 6.88. The molecule has 3 aromatic carbocycles. The summed E-state index contributed by atoms with van der Waals surface area (Å²) >= 11 is 0. The fourth-order valence-corrected chi connectivity index (χ4v) is 7.91. The molecule has 45 heavy (non-hydrogen) atoms. The molecule has 0 saturated heterocycles. The predicted molar refractivity (Wildman–Crippen MR) is 184 cm³/mol. The van der Waals surface area contributed by atoms with Crippen LogP contribution in [-0.4, -0.2) is 36.7 Å². The van der Waals surface area contributed by atoms with Crippen molar-refractivity contribution in [1.29, 1.82) is 0 Å². The van der Waals surface area contributed by atoms with Crippen molar-refractivity contribution < 1.29 is 14.3 Å². The summed E-state index contributed by atoms with van der Waals surface area (Å²) < 4.78 is 15.2. The molecular weight excluding hydrogens is 556 g/mol. The predicted octanol–water partition coefficient (Wildman–Crippen LogP) is 7.33. The van der Waals surface area contributed by atoms with Crippen LogP contribution in [0.3, 0.4) is 0 Å². The van der Waals surface area contributed by atoms with Crippen molar-refractivity contribution in [3.63, 3.8) is 0 Å². The lowest BCUT2D eigenvalue weighted by Crippen LogP contribution is -2.49. The molecule has 0 bridgehead atoms. The number of fused-ring (bicyclic) bond motifs is 4. The van der Waals surface area contributed by atoms with Crippen LogP contribution in [0, 0.1) is 5.92 Å². The number of ether oxygens (including phenoxy) is 2.